The van der Waals surface area contributed by atoms with Gasteiger partial charge >= 0.3 is 0 Å². The molecule has 0 bridgehead atoms. The molecule has 1 N–H and O–H groups in total. The lowest BCUT2D eigenvalue weighted by Gasteiger charge is -2.14. The van der Waals surface area contributed by atoms with E-state index in [-0.39, 0.29) is 12.7 Å². The van der Waals surface area contributed by atoms with Gasteiger partial charge in [0.05, 0.1) is 30.9 Å². The number of aromatic nitrogens is 2. The van der Waals surface area contributed by atoms with Crippen molar-refractivity contribution in [2.45, 2.75) is 52.9 Å². The second kappa shape index (κ2) is 9.28. The van der Waals surface area contributed by atoms with Gasteiger partial charge in [0, 0.05) is 12.1 Å². The summed E-state index contributed by atoms with van der Waals surface area (Å²) in [4.78, 5) is 4.94. The van der Waals surface area contributed by atoms with E-state index in [0.717, 1.165) is 38.2 Å². The van der Waals surface area contributed by atoms with Gasteiger partial charge in [0.25, 0.3) is 0 Å². The van der Waals surface area contributed by atoms with Gasteiger partial charge in [-0.3, -0.25) is 0 Å². The summed E-state index contributed by atoms with van der Waals surface area (Å²) in [6, 6.07) is 10.4. The highest BCUT2D eigenvalue weighted by molar-refractivity contribution is 9.10. The van der Waals surface area contributed by atoms with Crippen LogP contribution >= 0.6 is 15.9 Å². The van der Waals surface area contributed by atoms with Crippen LogP contribution in [0.15, 0.2) is 34.8 Å². The molecule has 0 radical (unpaired) electrons. The highest BCUT2D eigenvalue weighted by Gasteiger charge is 2.21. The van der Waals surface area contributed by atoms with Crippen LogP contribution in [0.2, 0.25) is 0 Å². The van der Waals surface area contributed by atoms with Gasteiger partial charge in [0.2, 0.25) is 0 Å². The van der Waals surface area contributed by atoms with Gasteiger partial charge in [-0.2, -0.15) is 0 Å². The molecule has 0 saturated heterocycles. The van der Waals surface area contributed by atoms with E-state index in [9.17, 15) is 5.11 Å². The first-order valence-electron chi connectivity index (χ1n) is 9.95. The first kappa shape index (κ1) is 21.8. The Kier molecular flexibility index (Phi) is 6.98. The van der Waals surface area contributed by atoms with Gasteiger partial charge in [-0.15, -0.1) is 0 Å². The Bertz CT molecular complexity index is 978. The van der Waals surface area contributed by atoms with E-state index in [2.05, 4.69) is 54.0 Å². The molecule has 3 aromatic rings. The molecule has 1 aromatic heterocycles. The largest absolute Gasteiger partial charge is 0.494 e. The molecule has 5 nitrogen and oxygen atoms in total. The summed E-state index contributed by atoms with van der Waals surface area (Å²) < 4.78 is 14.4. The molecule has 0 aliphatic carbocycles. The third-order valence-electron chi connectivity index (χ3n) is 4.95. The van der Waals surface area contributed by atoms with Crippen LogP contribution in [0.3, 0.4) is 0 Å². The minimum atomic E-state index is 0.0154. The fourth-order valence-electron chi connectivity index (χ4n) is 3.37. The highest BCUT2D eigenvalue weighted by atomic mass is 79.9. The van der Waals surface area contributed by atoms with E-state index in [0.29, 0.717) is 19.1 Å². The zero-order valence-electron chi connectivity index (χ0n) is 17.7. The van der Waals surface area contributed by atoms with Crippen molar-refractivity contribution >= 4 is 27.0 Å². The number of aliphatic hydroxyl groups is 1. The number of imidazole rings is 1. The molecule has 0 atom stereocenters. The average Bonchev–Trinajstić information content (AvgIpc) is 3.08. The van der Waals surface area contributed by atoms with E-state index in [1.165, 1.54) is 5.56 Å². The lowest BCUT2D eigenvalue weighted by Crippen LogP contribution is -2.06. The first-order chi connectivity index (χ1) is 13.9. The average molecular weight is 461 g/mol. The van der Waals surface area contributed by atoms with Crippen LogP contribution in [0.25, 0.3) is 22.4 Å². The molecule has 3 rings (SSSR count). The van der Waals surface area contributed by atoms with Crippen molar-refractivity contribution in [2.75, 3.05) is 13.7 Å². The van der Waals surface area contributed by atoms with E-state index in [4.69, 9.17) is 14.5 Å². The number of methoxy groups -OCH3 is 1. The summed E-state index contributed by atoms with van der Waals surface area (Å²) in [5.74, 6) is 2.00. The molecule has 0 unspecified atom stereocenters. The maximum Gasteiger partial charge on any atom is 0.145 e. The van der Waals surface area contributed by atoms with Crippen molar-refractivity contribution < 1.29 is 14.6 Å². The van der Waals surface area contributed by atoms with Crippen LogP contribution in [0.1, 0.15) is 44.7 Å². The van der Waals surface area contributed by atoms with Gasteiger partial charge in [-0.05, 0) is 52.9 Å². The zero-order valence-corrected chi connectivity index (χ0v) is 19.3. The summed E-state index contributed by atoms with van der Waals surface area (Å²) in [6.45, 7) is 9.30. The molecule has 29 heavy (non-hydrogen) atoms. The Morgan fingerprint density at radius 3 is 2.38 bits per heavy atom. The Morgan fingerprint density at radius 2 is 1.83 bits per heavy atom. The second-order valence-corrected chi connectivity index (χ2v) is 8.49. The number of hydrogen-bond donors (Lipinski definition) is 1. The van der Waals surface area contributed by atoms with Crippen LogP contribution in [0.4, 0.5) is 0 Å². The second-order valence-electron chi connectivity index (χ2n) is 7.70. The fourth-order valence-corrected chi connectivity index (χ4v) is 3.88. The molecule has 0 spiro atoms. The van der Waals surface area contributed by atoms with Crippen molar-refractivity contribution in [3.8, 4) is 17.1 Å². The van der Waals surface area contributed by atoms with Gasteiger partial charge in [0.15, 0.2) is 0 Å². The molecule has 0 aliphatic rings. The minimum absolute atomic E-state index is 0.0154. The van der Waals surface area contributed by atoms with Crippen LogP contribution in [0.5, 0.6) is 5.75 Å². The lowest BCUT2D eigenvalue weighted by molar-refractivity contribution is 0.0653. The molecule has 0 saturated carbocycles. The molecular weight excluding hydrogens is 432 g/mol. The number of ether oxygens (including phenoxy) is 2. The topological polar surface area (TPSA) is 56.5 Å². The number of halogens is 1. The summed E-state index contributed by atoms with van der Waals surface area (Å²) in [5, 5.41) is 9.70. The molecule has 156 valence electrons. The van der Waals surface area contributed by atoms with E-state index < -0.39 is 0 Å². The Balaban J connectivity index is 2.19. The van der Waals surface area contributed by atoms with Gasteiger partial charge in [0.1, 0.15) is 22.6 Å². The van der Waals surface area contributed by atoms with E-state index in [1.807, 2.05) is 24.5 Å². The maximum atomic E-state index is 9.70. The summed E-state index contributed by atoms with van der Waals surface area (Å²) in [5.41, 5.74) is 4.95. The number of benzene rings is 2. The maximum absolute atomic E-state index is 9.70. The Morgan fingerprint density at radius 1 is 1.14 bits per heavy atom. The van der Waals surface area contributed by atoms with Crippen molar-refractivity contribution in [3.63, 3.8) is 0 Å². The van der Waals surface area contributed by atoms with Gasteiger partial charge < -0.3 is 19.1 Å². The van der Waals surface area contributed by atoms with Crippen LogP contribution in [-0.4, -0.2) is 34.5 Å². The van der Waals surface area contributed by atoms with Gasteiger partial charge in [-0.1, -0.05) is 38.1 Å². The SMILES string of the molecule is COc1cc(COC(C)C)c(Br)c2nc(-c3ccc(C(C)C)cc3)n(CCO)c12. The Hall–Kier alpha value is -1.89. The smallest absolute Gasteiger partial charge is 0.145 e. The van der Waals surface area contributed by atoms with Crippen molar-refractivity contribution in [1.82, 2.24) is 9.55 Å². The summed E-state index contributed by atoms with van der Waals surface area (Å²) in [6.07, 6.45) is 0.130. The molecule has 6 heteroatoms. The monoisotopic (exact) mass is 460 g/mol. The summed E-state index contributed by atoms with van der Waals surface area (Å²) >= 11 is 3.72. The normalized spacial score (nSPS) is 11.8. The molecule has 0 aliphatic heterocycles. The van der Waals surface area contributed by atoms with Crippen molar-refractivity contribution in [2.24, 2.45) is 0 Å². The fraction of sp³-hybridized carbons (Fsp3) is 0.435. The first-order valence-corrected chi connectivity index (χ1v) is 10.7. The number of nitrogens with zero attached hydrogens (tertiary/aromatic N) is 2. The number of hydrogen-bond acceptors (Lipinski definition) is 4. The van der Waals surface area contributed by atoms with Crippen LogP contribution in [-0.2, 0) is 17.9 Å². The number of fused-ring (bicyclic) bond motifs is 1. The lowest BCUT2D eigenvalue weighted by atomic mass is 10.0. The third-order valence-corrected chi connectivity index (χ3v) is 5.83. The molecule has 1 heterocycles. The molecule has 2 aromatic carbocycles. The summed E-state index contributed by atoms with van der Waals surface area (Å²) in [7, 11) is 1.66. The molecule has 0 amide bonds. The van der Waals surface area contributed by atoms with Crippen molar-refractivity contribution in [3.05, 3.63) is 45.9 Å². The molecular formula is C23H29BrN2O3. The van der Waals surface area contributed by atoms with Crippen LogP contribution < -0.4 is 4.74 Å². The zero-order chi connectivity index (χ0) is 21.1. The highest BCUT2D eigenvalue weighted by Crippen LogP contribution is 2.38. The number of rotatable bonds is 8. The van der Waals surface area contributed by atoms with Crippen molar-refractivity contribution in [1.29, 1.82) is 0 Å². The standard InChI is InChI=1S/C23H29BrN2O3/c1-14(2)16-6-8-17(9-7-16)23-25-21-20(24)18(13-29-15(3)4)12-19(28-5)22(21)26(23)10-11-27/h6-9,12,14-15,27H,10-11,13H2,1-5H3. The van der Waals surface area contributed by atoms with E-state index >= 15 is 0 Å². The van der Waals surface area contributed by atoms with Crippen LogP contribution in [0, 0.1) is 0 Å². The quantitative estimate of drug-likeness (QED) is 0.480. The third kappa shape index (κ3) is 4.49. The van der Waals surface area contributed by atoms with Gasteiger partial charge in [-0.25, -0.2) is 4.98 Å². The minimum Gasteiger partial charge on any atom is -0.494 e. The number of aliphatic hydroxyl groups excluding tert-OH is 1. The molecule has 0 fully saturated rings. The Labute approximate surface area is 180 Å². The van der Waals surface area contributed by atoms with E-state index in [1.54, 1.807) is 7.11 Å². The predicted molar refractivity (Wildman–Crippen MR) is 121 cm³/mol. The predicted octanol–water partition coefficient (Wildman–Crippen LogP) is 5.52.